The van der Waals surface area contributed by atoms with Gasteiger partial charge in [-0.2, -0.15) is 5.10 Å². The summed E-state index contributed by atoms with van der Waals surface area (Å²) in [7, 11) is 0. The van der Waals surface area contributed by atoms with Crippen LogP contribution in [-0.4, -0.2) is 16.1 Å². The smallest absolute Gasteiger partial charge is 0.153 e. The average Bonchev–Trinajstić information content (AvgIpc) is 2.89. The summed E-state index contributed by atoms with van der Waals surface area (Å²) in [6.07, 6.45) is 6.25. The van der Waals surface area contributed by atoms with Gasteiger partial charge in [-0.05, 0) is 19.3 Å². The van der Waals surface area contributed by atoms with Gasteiger partial charge < -0.3 is 0 Å². The topological polar surface area (TPSA) is 34.9 Å². The maximum Gasteiger partial charge on any atom is 0.153 e. The van der Waals surface area contributed by atoms with Crippen LogP contribution in [0.2, 0.25) is 0 Å². The molecule has 2 rings (SSSR count). The van der Waals surface area contributed by atoms with E-state index in [2.05, 4.69) is 12.0 Å². The van der Waals surface area contributed by atoms with Crippen LogP contribution < -0.4 is 0 Å². The van der Waals surface area contributed by atoms with E-state index in [1.807, 2.05) is 10.9 Å². The van der Waals surface area contributed by atoms with Crippen molar-refractivity contribution in [1.82, 2.24) is 9.78 Å². The number of aldehydes is 1. The second-order valence-corrected chi connectivity index (χ2v) is 3.62. The van der Waals surface area contributed by atoms with E-state index in [9.17, 15) is 4.79 Å². The van der Waals surface area contributed by atoms with Gasteiger partial charge in [-0.25, -0.2) is 0 Å². The molecule has 1 aliphatic carbocycles. The van der Waals surface area contributed by atoms with Crippen molar-refractivity contribution in [2.24, 2.45) is 0 Å². The number of aromatic nitrogens is 2. The number of aryl methyl sites for hydroxylation is 1. The fourth-order valence-corrected chi connectivity index (χ4v) is 1.56. The minimum atomic E-state index is 0.568. The highest BCUT2D eigenvalue weighted by Crippen LogP contribution is 2.40. The van der Waals surface area contributed by atoms with Gasteiger partial charge in [-0.3, -0.25) is 9.48 Å². The van der Waals surface area contributed by atoms with Crippen LogP contribution in [0.3, 0.4) is 0 Å². The molecule has 0 amide bonds. The molecule has 1 heterocycles. The summed E-state index contributed by atoms with van der Waals surface area (Å²) in [5.74, 6) is 0.568. The number of carbonyl (C=O) groups excluding carboxylic acids is 1. The second kappa shape index (κ2) is 3.32. The number of carbonyl (C=O) groups is 1. The predicted octanol–water partition coefficient (Wildman–Crippen LogP) is 1.98. The summed E-state index contributed by atoms with van der Waals surface area (Å²) >= 11 is 0. The Kier molecular flexibility index (Phi) is 2.17. The second-order valence-electron chi connectivity index (χ2n) is 3.62. The van der Waals surface area contributed by atoms with Crippen LogP contribution in [0.4, 0.5) is 0 Å². The Morgan fingerprint density at radius 3 is 3.00 bits per heavy atom. The van der Waals surface area contributed by atoms with Gasteiger partial charge in [-0.1, -0.05) is 6.92 Å². The lowest BCUT2D eigenvalue weighted by Crippen LogP contribution is -1.97. The van der Waals surface area contributed by atoms with Gasteiger partial charge in [0.2, 0.25) is 0 Å². The van der Waals surface area contributed by atoms with Crippen molar-refractivity contribution >= 4 is 6.29 Å². The van der Waals surface area contributed by atoms with Gasteiger partial charge in [0.1, 0.15) is 0 Å². The Hall–Kier alpha value is -1.12. The quantitative estimate of drug-likeness (QED) is 0.661. The summed E-state index contributed by atoms with van der Waals surface area (Å²) in [4.78, 5) is 10.7. The van der Waals surface area contributed by atoms with Crippen LogP contribution in [0, 0.1) is 0 Å². The molecule has 1 aromatic heterocycles. The molecule has 0 N–H and O–H groups in total. The normalized spacial score (nSPS) is 16.1. The molecule has 70 valence electrons. The van der Waals surface area contributed by atoms with E-state index >= 15 is 0 Å². The predicted molar refractivity (Wildman–Crippen MR) is 49.9 cm³/mol. The Labute approximate surface area is 77.7 Å². The fourth-order valence-electron chi connectivity index (χ4n) is 1.56. The van der Waals surface area contributed by atoms with Crippen LogP contribution in [0.1, 0.15) is 48.2 Å². The Morgan fingerprint density at radius 2 is 2.46 bits per heavy atom. The summed E-state index contributed by atoms with van der Waals surface area (Å²) < 4.78 is 1.89. The van der Waals surface area contributed by atoms with Gasteiger partial charge in [0.05, 0.1) is 11.3 Å². The Bertz CT molecular complexity index is 313. The van der Waals surface area contributed by atoms with Gasteiger partial charge in [0, 0.05) is 18.7 Å². The molecule has 1 fully saturated rings. The molecule has 0 unspecified atom stereocenters. The van der Waals surface area contributed by atoms with E-state index in [1.54, 1.807) is 0 Å². The molecule has 0 aromatic carbocycles. The average molecular weight is 178 g/mol. The summed E-state index contributed by atoms with van der Waals surface area (Å²) in [5.41, 5.74) is 1.81. The lowest BCUT2D eigenvalue weighted by Gasteiger charge is -1.95. The molecule has 1 aliphatic rings. The van der Waals surface area contributed by atoms with E-state index in [1.165, 1.54) is 12.8 Å². The highest BCUT2D eigenvalue weighted by Gasteiger charge is 2.28. The monoisotopic (exact) mass is 178 g/mol. The molecule has 1 aromatic rings. The Balaban J connectivity index is 2.25. The Morgan fingerprint density at radius 1 is 1.69 bits per heavy atom. The number of hydrogen-bond donors (Lipinski definition) is 0. The number of nitrogens with zero attached hydrogens (tertiary/aromatic N) is 2. The van der Waals surface area contributed by atoms with E-state index in [0.717, 1.165) is 30.5 Å². The molecular formula is C10H14N2O. The zero-order valence-electron chi connectivity index (χ0n) is 7.86. The lowest BCUT2D eigenvalue weighted by atomic mass is 10.2. The summed E-state index contributed by atoms with van der Waals surface area (Å²) in [5, 5.41) is 4.42. The molecular weight excluding hydrogens is 164 g/mol. The first-order valence-corrected chi connectivity index (χ1v) is 4.87. The van der Waals surface area contributed by atoms with E-state index in [0.29, 0.717) is 5.92 Å². The SMILES string of the molecule is CCCn1cc(C=O)c(C2CC2)n1. The summed E-state index contributed by atoms with van der Waals surface area (Å²) in [6.45, 7) is 3.02. The molecule has 0 radical (unpaired) electrons. The van der Waals surface area contributed by atoms with E-state index < -0.39 is 0 Å². The van der Waals surface area contributed by atoms with E-state index in [4.69, 9.17) is 0 Å². The van der Waals surface area contributed by atoms with Gasteiger partial charge >= 0.3 is 0 Å². The first-order valence-electron chi connectivity index (χ1n) is 4.87. The fraction of sp³-hybridized carbons (Fsp3) is 0.600. The standard InChI is InChI=1S/C10H14N2O/c1-2-5-12-6-9(7-13)10(11-12)8-3-4-8/h6-8H,2-5H2,1H3. The first kappa shape index (κ1) is 8.48. The van der Waals surface area contributed by atoms with Crippen molar-refractivity contribution in [1.29, 1.82) is 0 Å². The minimum absolute atomic E-state index is 0.568. The maximum atomic E-state index is 10.7. The molecule has 0 spiro atoms. The molecule has 3 heteroatoms. The van der Waals surface area contributed by atoms with Gasteiger partial charge in [0.25, 0.3) is 0 Å². The number of rotatable bonds is 4. The molecule has 1 saturated carbocycles. The molecule has 0 saturated heterocycles. The zero-order chi connectivity index (χ0) is 9.26. The van der Waals surface area contributed by atoms with Crippen molar-refractivity contribution in [2.75, 3.05) is 0 Å². The van der Waals surface area contributed by atoms with Crippen LogP contribution in [0.15, 0.2) is 6.20 Å². The van der Waals surface area contributed by atoms with Crippen molar-refractivity contribution in [3.63, 3.8) is 0 Å². The van der Waals surface area contributed by atoms with Crippen molar-refractivity contribution in [3.8, 4) is 0 Å². The molecule has 0 atom stereocenters. The van der Waals surface area contributed by atoms with Crippen molar-refractivity contribution < 1.29 is 4.79 Å². The first-order chi connectivity index (χ1) is 6.35. The maximum absolute atomic E-state index is 10.7. The zero-order valence-corrected chi connectivity index (χ0v) is 7.86. The third-order valence-corrected chi connectivity index (χ3v) is 2.36. The highest BCUT2D eigenvalue weighted by molar-refractivity contribution is 5.76. The lowest BCUT2D eigenvalue weighted by molar-refractivity contribution is 0.112. The van der Waals surface area contributed by atoms with Gasteiger partial charge in [0.15, 0.2) is 6.29 Å². The number of hydrogen-bond acceptors (Lipinski definition) is 2. The molecule has 13 heavy (non-hydrogen) atoms. The van der Waals surface area contributed by atoms with Crippen molar-refractivity contribution in [2.45, 2.75) is 38.6 Å². The third kappa shape index (κ3) is 1.64. The molecule has 0 aliphatic heterocycles. The van der Waals surface area contributed by atoms with Crippen LogP contribution in [-0.2, 0) is 6.54 Å². The highest BCUT2D eigenvalue weighted by atomic mass is 16.1. The third-order valence-electron chi connectivity index (χ3n) is 2.36. The van der Waals surface area contributed by atoms with Crippen LogP contribution >= 0.6 is 0 Å². The van der Waals surface area contributed by atoms with Gasteiger partial charge in [-0.15, -0.1) is 0 Å². The van der Waals surface area contributed by atoms with Crippen molar-refractivity contribution in [3.05, 3.63) is 17.5 Å². The van der Waals surface area contributed by atoms with E-state index in [-0.39, 0.29) is 0 Å². The largest absolute Gasteiger partial charge is 0.298 e. The minimum Gasteiger partial charge on any atom is -0.298 e. The summed E-state index contributed by atoms with van der Waals surface area (Å²) in [6, 6.07) is 0. The molecule has 3 nitrogen and oxygen atoms in total. The van der Waals surface area contributed by atoms with Crippen LogP contribution in [0.25, 0.3) is 0 Å². The van der Waals surface area contributed by atoms with Crippen LogP contribution in [0.5, 0.6) is 0 Å². The molecule has 0 bridgehead atoms.